The van der Waals surface area contributed by atoms with Crippen LogP contribution in [0.3, 0.4) is 0 Å². The molecular weight excluding hydrogens is 228 g/mol. The van der Waals surface area contributed by atoms with Gasteiger partial charge in [0.25, 0.3) is 5.92 Å². The second-order valence-electron chi connectivity index (χ2n) is 3.17. The lowest BCUT2D eigenvalue weighted by atomic mass is 10.4. The molecule has 0 aromatic carbocycles. The van der Waals surface area contributed by atoms with Gasteiger partial charge in [-0.1, -0.05) is 11.8 Å². The highest BCUT2D eigenvalue weighted by atomic mass is 32.2. The van der Waals surface area contributed by atoms with Crippen molar-refractivity contribution in [2.75, 3.05) is 5.43 Å². The third-order valence-corrected chi connectivity index (χ3v) is 3.09. The van der Waals surface area contributed by atoms with Gasteiger partial charge in [0.15, 0.2) is 16.2 Å². The lowest BCUT2D eigenvalue weighted by Gasteiger charge is -2.17. The van der Waals surface area contributed by atoms with Crippen LogP contribution in [0.2, 0.25) is 0 Å². The summed E-state index contributed by atoms with van der Waals surface area (Å²) < 4.78 is 27.0. The van der Waals surface area contributed by atoms with E-state index >= 15 is 0 Å². The zero-order valence-electron chi connectivity index (χ0n) is 7.57. The highest BCUT2D eigenvalue weighted by molar-refractivity contribution is 8.00. The standard InChI is InChI=1S/C7H7F2N3O2S/c1-7(8,9)5-11-12-2-3(4(13)14)10-6(12)15-5/h2,5,11H,1H3,(H,13,14). The number of rotatable bonds is 2. The molecule has 0 spiro atoms. The Balaban J connectivity index is 2.21. The molecule has 82 valence electrons. The summed E-state index contributed by atoms with van der Waals surface area (Å²) >= 11 is 0.809. The summed E-state index contributed by atoms with van der Waals surface area (Å²) in [6.45, 7) is 0.794. The average molecular weight is 235 g/mol. The van der Waals surface area contributed by atoms with E-state index in [0.717, 1.165) is 18.7 Å². The molecule has 1 unspecified atom stereocenters. The molecule has 1 aromatic rings. The molecule has 2 heterocycles. The first-order chi connectivity index (χ1) is 6.88. The normalized spacial score (nSPS) is 19.8. The predicted octanol–water partition coefficient (Wildman–Crippen LogP) is 1.21. The van der Waals surface area contributed by atoms with Crippen molar-refractivity contribution in [2.45, 2.75) is 23.4 Å². The van der Waals surface area contributed by atoms with Crippen LogP contribution in [0.5, 0.6) is 0 Å². The summed E-state index contributed by atoms with van der Waals surface area (Å²) in [5.74, 6) is -4.08. The zero-order chi connectivity index (χ0) is 11.2. The molecule has 0 aliphatic carbocycles. The SMILES string of the molecule is CC(F)(F)C1Nn2cc(C(=O)O)nc2S1. The number of hydrogen-bond donors (Lipinski definition) is 2. The van der Waals surface area contributed by atoms with Gasteiger partial charge in [0.05, 0.1) is 6.20 Å². The lowest BCUT2D eigenvalue weighted by Crippen LogP contribution is -2.34. The Morgan fingerprint density at radius 3 is 2.93 bits per heavy atom. The largest absolute Gasteiger partial charge is 0.476 e. The molecule has 2 rings (SSSR count). The summed E-state index contributed by atoms with van der Waals surface area (Å²) in [5.41, 5.74) is 2.29. The second-order valence-corrected chi connectivity index (χ2v) is 4.24. The van der Waals surface area contributed by atoms with Crippen molar-refractivity contribution < 1.29 is 18.7 Å². The summed E-state index contributed by atoms with van der Waals surface area (Å²) in [6, 6.07) is 0. The van der Waals surface area contributed by atoms with E-state index in [2.05, 4.69) is 10.4 Å². The maximum Gasteiger partial charge on any atom is 0.356 e. The highest BCUT2D eigenvalue weighted by Gasteiger charge is 2.40. The minimum Gasteiger partial charge on any atom is -0.476 e. The van der Waals surface area contributed by atoms with Crippen molar-refractivity contribution in [1.29, 1.82) is 0 Å². The van der Waals surface area contributed by atoms with E-state index in [-0.39, 0.29) is 10.9 Å². The van der Waals surface area contributed by atoms with Crippen molar-refractivity contribution >= 4 is 17.7 Å². The Hall–Kier alpha value is -1.31. The van der Waals surface area contributed by atoms with Gasteiger partial charge in [-0.05, 0) is 0 Å². The Kier molecular flexibility index (Phi) is 2.10. The number of hydrogen-bond acceptors (Lipinski definition) is 4. The number of nitrogens with one attached hydrogen (secondary N) is 1. The number of carbonyl (C=O) groups is 1. The highest BCUT2D eigenvalue weighted by Crippen LogP contribution is 2.36. The summed E-state index contributed by atoms with van der Waals surface area (Å²) in [5, 5.41) is 7.73. The Morgan fingerprint density at radius 2 is 2.47 bits per heavy atom. The number of carboxylic acids is 1. The van der Waals surface area contributed by atoms with Gasteiger partial charge in [0, 0.05) is 6.92 Å². The third-order valence-electron chi connectivity index (χ3n) is 1.83. The quantitative estimate of drug-likeness (QED) is 0.806. The number of carboxylic acid groups (broad SMARTS) is 1. The molecule has 0 bridgehead atoms. The van der Waals surface area contributed by atoms with E-state index in [1.54, 1.807) is 0 Å². The first kappa shape index (κ1) is 10.2. The number of fused-ring (bicyclic) bond motifs is 1. The maximum atomic E-state index is 12.9. The number of alkyl halides is 2. The molecule has 0 radical (unpaired) electrons. The van der Waals surface area contributed by atoms with E-state index in [0.29, 0.717) is 0 Å². The topological polar surface area (TPSA) is 67.2 Å². The molecule has 15 heavy (non-hydrogen) atoms. The van der Waals surface area contributed by atoms with E-state index in [1.165, 1.54) is 10.9 Å². The Morgan fingerprint density at radius 1 is 1.80 bits per heavy atom. The summed E-state index contributed by atoms with van der Waals surface area (Å²) in [7, 11) is 0. The van der Waals surface area contributed by atoms with E-state index < -0.39 is 17.3 Å². The summed E-state index contributed by atoms with van der Waals surface area (Å²) in [6.07, 6.45) is 1.18. The van der Waals surface area contributed by atoms with Crippen LogP contribution in [-0.2, 0) is 0 Å². The molecule has 0 saturated heterocycles. The average Bonchev–Trinajstić information content (AvgIpc) is 2.55. The number of halogens is 2. The number of aromatic carboxylic acids is 1. The minimum absolute atomic E-state index is 0.164. The van der Waals surface area contributed by atoms with E-state index in [4.69, 9.17) is 5.11 Å². The minimum atomic E-state index is -2.89. The van der Waals surface area contributed by atoms with Crippen molar-refractivity contribution in [2.24, 2.45) is 0 Å². The lowest BCUT2D eigenvalue weighted by molar-refractivity contribution is 0.0248. The molecule has 5 nitrogen and oxygen atoms in total. The van der Waals surface area contributed by atoms with Crippen LogP contribution in [0.25, 0.3) is 0 Å². The number of thioether (sulfide) groups is 1. The molecule has 1 aliphatic rings. The van der Waals surface area contributed by atoms with Gasteiger partial charge in [0.1, 0.15) is 0 Å². The Labute approximate surface area is 87.5 Å². The van der Waals surface area contributed by atoms with E-state index in [1.807, 2.05) is 0 Å². The molecule has 1 aromatic heterocycles. The van der Waals surface area contributed by atoms with Gasteiger partial charge in [-0.2, -0.15) is 0 Å². The third kappa shape index (κ3) is 1.76. The first-order valence-corrected chi connectivity index (χ1v) is 4.89. The zero-order valence-corrected chi connectivity index (χ0v) is 8.39. The van der Waals surface area contributed by atoms with Gasteiger partial charge >= 0.3 is 5.97 Å². The van der Waals surface area contributed by atoms with Gasteiger partial charge < -0.3 is 10.5 Å². The van der Waals surface area contributed by atoms with Gasteiger partial charge in [-0.25, -0.2) is 23.2 Å². The number of nitrogens with zero attached hydrogens (tertiary/aromatic N) is 2. The number of imidazole rings is 1. The second kappa shape index (κ2) is 3.09. The fourth-order valence-electron chi connectivity index (χ4n) is 1.12. The maximum absolute atomic E-state index is 12.9. The smallest absolute Gasteiger partial charge is 0.356 e. The van der Waals surface area contributed by atoms with Crippen LogP contribution < -0.4 is 5.43 Å². The number of aromatic nitrogens is 2. The Bertz CT molecular complexity index is 391. The molecule has 2 N–H and O–H groups in total. The first-order valence-electron chi connectivity index (χ1n) is 4.01. The van der Waals surface area contributed by atoms with Gasteiger partial charge in [-0.15, -0.1) is 0 Å². The van der Waals surface area contributed by atoms with Crippen LogP contribution in [-0.4, -0.2) is 32.0 Å². The van der Waals surface area contributed by atoms with Crippen molar-refractivity contribution in [1.82, 2.24) is 9.66 Å². The van der Waals surface area contributed by atoms with Crippen molar-refractivity contribution in [3.8, 4) is 0 Å². The fourth-order valence-corrected chi connectivity index (χ4v) is 2.07. The molecule has 8 heteroatoms. The predicted molar refractivity (Wildman–Crippen MR) is 48.8 cm³/mol. The van der Waals surface area contributed by atoms with Crippen molar-refractivity contribution in [3.63, 3.8) is 0 Å². The van der Waals surface area contributed by atoms with Crippen LogP contribution in [0, 0.1) is 0 Å². The molecule has 1 aliphatic heterocycles. The molecular formula is C7H7F2N3O2S. The van der Waals surface area contributed by atoms with Gasteiger partial charge in [0.2, 0.25) is 0 Å². The molecule has 0 amide bonds. The molecule has 1 atom stereocenters. The van der Waals surface area contributed by atoms with Crippen molar-refractivity contribution in [3.05, 3.63) is 11.9 Å². The van der Waals surface area contributed by atoms with Crippen LogP contribution in [0.4, 0.5) is 8.78 Å². The van der Waals surface area contributed by atoms with Crippen LogP contribution >= 0.6 is 11.8 Å². The van der Waals surface area contributed by atoms with Crippen LogP contribution in [0.1, 0.15) is 17.4 Å². The monoisotopic (exact) mass is 235 g/mol. The fraction of sp³-hybridized carbons (Fsp3) is 0.429. The van der Waals surface area contributed by atoms with Gasteiger partial charge in [-0.3, -0.25) is 0 Å². The van der Waals surface area contributed by atoms with Crippen LogP contribution in [0.15, 0.2) is 11.4 Å². The van der Waals surface area contributed by atoms with E-state index in [9.17, 15) is 13.6 Å². The molecule has 0 fully saturated rings. The molecule has 0 saturated carbocycles. The summed E-state index contributed by atoms with van der Waals surface area (Å²) in [4.78, 5) is 14.2.